The predicted molar refractivity (Wildman–Crippen MR) is 64.1 cm³/mol. The van der Waals surface area contributed by atoms with E-state index in [0.29, 0.717) is 5.92 Å². The van der Waals surface area contributed by atoms with E-state index < -0.39 is 12.0 Å². The van der Waals surface area contributed by atoms with Crippen molar-refractivity contribution in [2.45, 2.75) is 44.9 Å². The molecule has 3 nitrogen and oxygen atoms in total. The third kappa shape index (κ3) is 3.96. The van der Waals surface area contributed by atoms with Gasteiger partial charge in [-0.25, -0.2) is 4.98 Å². The van der Waals surface area contributed by atoms with Crippen LogP contribution >= 0.6 is 11.6 Å². The Kier molecular flexibility index (Phi) is 4.18. The molecule has 106 valence electrons. The summed E-state index contributed by atoms with van der Waals surface area (Å²) < 4.78 is 43.2. The maximum absolute atomic E-state index is 12.5. The van der Waals surface area contributed by atoms with Crippen LogP contribution in [0.2, 0.25) is 5.15 Å². The van der Waals surface area contributed by atoms with Gasteiger partial charge in [0.1, 0.15) is 11.3 Å². The topological polar surface area (TPSA) is 35.0 Å². The number of hydrogen-bond donors (Lipinski definition) is 0. The lowest BCUT2D eigenvalue weighted by molar-refractivity contribution is -0.145. The molecule has 0 N–H and O–H groups in total. The fourth-order valence-electron chi connectivity index (χ4n) is 2.24. The molecule has 1 heterocycles. The van der Waals surface area contributed by atoms with Gasteiger partial charge in [-0.1, -0.05) is 24.9 Å². The van der Waals surface area contributed by atoms with Crippen LogP contribution in [0.25, 0.3) is 0 Å². The van der Waals surface area contributed by atoms with E-state index in [9.17, 15) is 13.2 Å². The Morgan fingerprint density at radius 3 is 2.68 bits per heavy atom. The van der Waals surface area contributed by atoms with E-state index in [-0.39, 0.29) is 17.1 Å². The number of aromatic nitrogens is 2. The van der Waals surface area contributed by atoms with Gasteiger partial charge in [0.2, 0.25) is 11.7 Å². The number of alkyl halides is 3. The lowest BCUT2D eigenvalue weighted by atomic mass is 9.89. The summed E-state index contributed by atoms with van der Waals surface area (Å²) in [5.41, 5.74) is 0. The first-order chi connectivity index (χ1) is 8.84. The highest BCUT2D eigenvalue weighted by Crippen LogP contribution is 2.31. The molecule has 0 saturated heterocycles. The molecule has 0 spiro atoms. The average molecular weight is 295 g/mol. The molecule has 0 radical (unpaired) electrons. The smallest absolute Gasteiger partial charge is 0.451 e. The number of hydrogen-bond acceptors (Lipinski definition) is 3. The van der Waals surface area contributed by atoms with E-state index in [4.69, 9.17) is 16.3 Å². The van der Waals surface area contributed by atoms with Crippen LogP contribution in [-0.4, -0.2) is 16.1 Å². The summed E-state index contributed by atoms with van der Waals surface area (Å²) in [4.78, 5) is 6.54. The molecule has 2 unspecified atom stereocenters. The minimum atomic E-state index is -4.62. The van der Waals surface area contributed by atoms with Crippen LogP contribution in [0, 0.1) is 5.92 Å². The van der Waals surface area contributed by atoms with Crippen molar-refractivity contribution in [3.8, 4) is 5.88 Å². The number of halogens is 4. The Bertz CT molecular complexity index is 453. The molecule has 1 saturated carbocycles. The van der Waals surface area contributed by atoms with Gasteiger partial charge >= 0.3 is 6.18 Å². The highest BCUT2D eigenvalue weighted by molar-refractivity contribution is 6.29. The van der Waals surface area contributed by atoms with Crippen LogP contribution in [0.5, 0.6) is 5.88 Å². The van der Waals surface area contributed by atoms with Crippen LogP contribution in [0.15, 0.2) is 6.07 Å². The molecule has 1 aromatic heterocycles. The molecule has 0 amide bonds. The van der Waals surface area contributed by atoms with Crippen molar-refractivity contribution in [2.75, 3.05) is 0 Å². The van der Waals surface area contributed by atoms with Crippen molar-refractivity contribution >= 4 is 11.6 Å². The third-order valence-electron chi connectivity index (χ3n) is 3.10. The Hall–Kier alpha value is -1.04. The maximum Gasteiger partial charge on any atom is 0.451 e. The zero-order valence-corrected chi connectivity index (χ0v) is 11.1. The summed E-state index contributed by atoms with van der Waals surface area (Å²) in [7, 11) is 0. The van der Waals surface area contributed by atoms with Crippen molar-refractivity contribution in [3.63, 3.8) is 0 Å². The maximum atomic E-state index is 12.5. The summed E-state index contributed by atoms with van der Waals surface area (Å²) in [6.07, 6.45) is -0.940. The van der Waals surface area contributed by atoms with Crippen molar-refractivity contribution in [1.82, 2.24) is 9.97 Å². The van der Waals surface area contributed by atoms with Gasteiger partial charge < -0.3 is 4.74 Å². The number of nitrogens with zero attached hydrogens (tertiary/aromatic N) is 2. The van der Waals surface area contributed by atoms with Crippen LogP contribution in [0.1, 0.15) is 38.4 Å². The largest absolute Gasteiger partial charge is 0.474 e. The molecule has 2 rings (SSSR count). The van der Waals surface area contributed by atoms with Crippen LogP contribution in [-0.2, 0) is 6.18 Å². The molecule has 2 atom stereocenters. The van der Waals surface area contributed by atoms with Gasteiger partial charge in [-0.2, -0.15) is 18.2 Å². The van der Waals surface area contributed by atoms with E-state index in [2.05, 4.69) is 16.9 Å². The fraction of sp³-hybridized carbons (Fsp3) is 0.667. The lowest BCUT2D eigenvalue weighted by Gasteiger charge is -2.27. The second-order valence-electron chi connectivity index (χ2n) is 4.86. The molecular formula is C12H14ClF3N2O. The molecule has 0 bridgehead atoms. The first-order valence-corrected chi connectivity index (χ1v) is 6.51. The summed E-state index contributed by atoms with van der Waals surface area (Å²) in [5.74, 6) is -0.858. The SMILES string of the molecule is CC1CCCC(Oc2cc(Cl)nc(C(F)(F)F)n2)C1. The highest BCUT2D eigenvalue weighted by Gasteiger charge is 2.36. The molecule has 7 heteroatoms. The standard InChI is InChI=1S/C12H14ClF3N2O/c1-7-3-2-4-8(5-7)19-10-6-9(13)17-11(18-10)12(14,15)16/h6-8H,2-5H2,1H3. The van der Waals surface area contributed by atoms with E-state index in [1.165, 1.54) is 6.07 Å². The quantitative estimate of drug-likeness (QED) is 0.770. The Balaban J connectivity index is 2.14. The monoisotopic (exact) mass is 294 g/mol. The third-order valence-corrected chi connectivity index (χ3v) is 3.29. The molecule has 0 aromatic carbocycles. The molecule has 1 aliphatic carbocycles. The lowest BCUT2D eigenvalue weighted by Crippen LogP contribution is -2.25. The van der Waals surface area contributed by atoms with Gasteiger partial charge in [0, 0.05) is 6.07 Å². The molecule has 1 aromatic rings. The van der Waals surface area contributed by atoms with Gasteiger partial charge in [0.05, 0.1) is 0 Å². The average Bonchev–Trinajstić information content (AvgIpc) is 2.26. The van der Waals surface area contributed by atoms with Gasteiger partial charge in [-0.15, -0.1) is 0 Å². The zero-order valence-electron chi connectivity index (χ0n) is 10.4. The zero-order chi connectivity index (χ0) is 14.0. The minimum absolute atomic E-state index is 0.101. The Morgan fingerprint density at radius 1 is 1.32 bits per heavy atom. The van der Waals surface area contributed by atoms with Gasteiger partial charge in [-0.3, -0.25) is 0 Å². The summed E-state index contributed by atoms with van der Waals surface area (Å²) in [5, 5.41) is -0.263. The number of ether oxygens (including phenoxy) is 1. The molecule has 1 fully saturated rings. The van der Waals surface area contributed by atoms with Gasteiger partial charge in [-0.05, 0) is 25.2 Å². The van der Waals surface area contributed by atoms with Crippen molar-refractivity contribution in [2.24, 2.45) is 5.92 Å². The Labute approximate surface area is 114 Å². The highest BCUT2D eigenvalue weighted by atomic mass is 35.5. The first-order valence-electron chi connectivity index (χ1n) is 6.13. The second-order valence-corrected chi connectivity index (χ2v) is 5.25. The summed E-state index contributed by atoms with van der Waals surface area (Å²) >= 11 is 5.57. The van der Waals surface area contributed by atoms with Gasteiger partial charge in [0.15, 0.2) is 0 Å². The molecule has 0 aliphatic heterocycles. The summed E-state index contributed by atoms with van der Waals surface area (Å²) in [6, 6.07) is 1.22. The molecule has 1 aliphatic rings. The van der Waals surface area contributed by atoms with E-state index in [0.717, 1.165) is 25.7 Å². The first kappa shape index (κ1) is 14.4. The molecular weight excluding hydrogens is 281 g/mol. The van der Waals surface area contributed by atoms with Crippen molar-refractivity contribution in [1.29, 1.82) is 0 Å². The predicted octanol–water partition coefficient (Wildman–Crippen LogP) is 4.11. The van der Waals surface area contributed by atoms with E-state index >= 15 is 0 Å². The fourth-order valence-corrected chi connectivity index (χ4v) is 2.41. The second kappa shape index (κ2) is 5.53. The van der Waals surface area contributed by atoms with E-state index in [1.807, 2.05) is 0 Å². The summed E-state index contributed by atoms with van der Waals surface area (Å²) in [6.45, 7) is 2.10. The van der Waals surface area contributed by atoms with Crippen molar-refractivity contribution < 1.29 is 17.9 Å². The van der Waals surface area contributed by atoms with Crippen molar-refractivity contribution in [3.05, 3.63) is 17.0 Å². The van der Waals surface area contributed by atoms with E-state index in [1.54, 1.807) is 0 Å². The molecule has 19 heavy (non-hydrogen) atoms. The van der Waals surface area contributed by atoms with Crippen LogP contribution in [0.4, 0.5) is 13.2 Å². The van der Waals surface area contributed by atoms with Gasteiger partial charge in [0.25, 0.3) is 0 Å². The Morgan fingerprint density at radius 2 is 2.05 bits per heavy atom. The minimum Gasteiger partial charge on any atom is -0.474 e. The van der Waals surface area contributed by atoms with Crippen LogP contribution < -0.4 is 4.74 Å². The number of rotatable bonds is 2. The normalized spacial score (nSPS) is 24.3. The van der Waals surface area contributed by atoms with Crippen LogP contribution in [0.3, 0.4) is 0 Å².